The molecule has 3 aromatic rings. The second kappa shape index (κ2) is 9.03. The van der Waals surface area contributed by atoms with Crippen LogP contribution in [0.4, 0.5) is 17.5 Å². The van der Waals surface area contributed by atoms with Gasteiger partial charge in [0.2, 0.25) is 5.95 Å². The van der Waals surface area contributed by atoms with Gasteiger partial charge in [-0.3, -0.25) is 0 Å². The van der Waals surface area contributed by atoms with E-state index >= 15 is 0 Å². The molecule has 1 heterocycles. The van der Waals surface area contributed by atoms with E-state index in [1.165, 1.54) is 5.56 Å². The summed E-state index contributed by atoms with van der Waals surface area (Å²) in [6.45, 7) is 4.85. The number of hydrogen-bond acceptors (Lipinski definition) is 7. The number of benzene rings is 2. The molecule has 7 heteroatoms. The van der Waals surface area contributed by atoms with E-state index in [0.29, 0.717) is 18.3 Å². The van der Waals surface area contributed by atoms with Gasteiger partial charge in [0.25, 0.3) is 0 Å². The minimum Gasteiger partial charge on any atom is -0.493 e. The van der Waals surface area contributed by atoms with Crippen LogP contribution in [0, 0.1) is 13.8 Å². The molecule has 3 rings (SSSR count). The van der Waals surface area contributed by atoms with Crippen molar-refractivity contribution in [3.63, 3.8) is 0 Å². The predicted octanol–water partition coefficient (Wildman–Crippen LogP) is 3.90. The van der Waals surface area contributed by atoms with Crippen LogP contribution in [0.15, 0.2) is 42.6 Å². The number of nitrogens with zero attached hydrogens (tertiary/aromatic N) is 3. The van der Waals surface area contributed by atoms with Gasteiger partial charge in [-0.05, 0) is 55.2 Å². The van der Waals surface area contributed by atoms with Gasteiger partial charge in [0.15, 0.2) is 17.3 Å². The summed E-state index contributed by atoms with van der Waals surface area (Å²) in [6, 6.07) is 12.0. The largest absolute Gasteiger partial charge is 0.493 e. The van der Waals surface area contributed by atoms with Crippen molar-refractivity contribution in [1.29, 1.82) is 0 Å². The molecule has 7 nitrogen and oxygen atoms in total. The standard InChI is InChI=1S/C21H25N5O2/c1-14-6-5-7-17(15(14)2)24-21-25-20(13-23-26-21)22-11-10-16-8-9-18(27-3)19(12-16)28-4/h5-9,12-13H,10-11H2,1-4H3,(H2,22,24,25,26). The second-order valence-electron chi connectivity index (χ2n) is 6.40. The molecule has 0 amide bonds. The average Bonchev–Trinajstić information content (AvgIpc) is 2.71. The maximum Gasteiger partial charge on any atom is 0.249 e. The monoisotopic (exact) mass is 379 g/mol. The number of aryl methyl sites for hydroxylation is 1. The minimum absolute atomic E-state index is 0.463. The van der Waals surface area contributed by atoms with Crippen LogP contribution in [0.5, 0.6) is 11.5 Å². The van der Waals surface area contributed by atoms with Crippen LogP contribution in [-0.2, 0) is 6.42 Å². The highest BCUT2D eigenvalue weighted by atomic mass is 16.5. The molecular formula is C21H25N5O2. The number of anilines is 3. The molecule has 0 atom stereocenters. The first-order chi connectivity index (χ1) is 13.6. The number of methoxy groups -OCH3 is 2. The van der Waals surface area contributed by atoms with Crippen LogP contribution < -0.4 is 20.1 Å². The van der Waals surface area contributed by atoms with E-state index in [9.17, 15) is 0 Å². The Morgan fingerprint density at radius 1 is 1.00 bits per heavy atom. The summed E-state index contributed by atoms with van der Waals surface area (Å²) in [4.78, 5) is 4.49. The quantitative estimate of drug-likeness (QED) is 0.614. The Balaban J connectivity index is 1.61. The van der Waals surface area contributed by atoms with Crippen LogP contribution in [-0.4, -0.2) is 35.9 Å². The molecule has 28 heavy (non-hydrogen) atoms. The van der Waals surface area contributed by atoms with Crippen LogP contribution in [0.1, 0.15) is 16.7 Å². The van der Waals surface area contributed by atoms with Gasteiger partial charge in [-0.25, -0.2) is 0 Å². The summed E-state index contributed by atoms with van der Waals surface area (Å²) in [6.07, 6.45) is 2.42. The van der Waals surface area contributed by atoms with Gasteiger partial charge in [0.1, 0.15) is 0 Å². The molecule has 0 spiro atoms. The lowest BCUT2D eigenvalue weighted by Crippen LogP contribution is -2.09. The van der Waals surface area contributed by atoms with E-state index in [1.807, 2.05) is 30.3 Å². The van der Waals surface area contributed by atoms with Crippen LogP contribution in [0.2, 0.25) is 0 Å². The summed E-state index contributed by atoms with van der Waals surface area (Å²) < 4.78 is 10.6. The van der Waals surface area contributed by atoms with E-state index in [4.69, 9.17) is 9.47 Å². The molecule has 0 radical (unpaired) electrons. The van der Waals surface area contributed by atoms with Crippen molar-refractivity contribution < 1.29 is 9.47 Å². The Morgan fingerprint density at radius 2 is 1.82 bits per heavy atom. The average molecular weight is 379 g/mol. The fourth-order valence-corrected chi connectivity index (χ4v) is 2.82. The normalized spacial score (nSPS) is 10.4. The topological polar surface area (TPSA) is 81.2 Å². The van der Waals surface area contributed by atoms with E-state index in [2.05, 4.69) is 45.7 Å². The Labute approximate surface area is 165 Å². The van der Waals surface area contributed by atoms with Crippen LogP contribution in [0.3, 0.4) is 0 Å². The van der Waals surface area contributed by atoms with Gasteiger partial charge in [0.05, 0.1) is 20.4 Å². The Bertz CT molecular complexity index is 946. The Kier molecular flexibility index (Phi) is 6.26. The number of rotatable bonds is 8. The first kappa shape index (κ1) is 19.4. The van der Waals surface area contributed by atoms with Gasteiger partial charge in [-0.1, -0.05) is 18.2 Å². The van der Waals surface area contributed by atoms with Gasteiger partial charge in [-0.2, -0.15) is 10.1 Å². The second-order valence-corrected chi connectivity index (χ2v) is 6.40. The van der Waals surface area contributed by atoms with Gasteiger partial charge in [0, 0.05) is 12.2 Å². The molecule has 146 valence electrons. The third-order valence-electron chi connectivity index (χ3n) is 4.58. The summed E-state index contributed by atoms with van der Waals surface area (Å²) in [5, 5.41) is 14.6. The van der Waals surface area contributed by atoms with Crippen molar-refractivity contribution in [3.8, 4) is 11.5 Å². The molecule has 0 saturated carbocycles. The Hall–Kier alpha value is -3.35. The molecular weight excluding hydrogens is 354 g/mol. The lowest BCUT2D eigenvalue weighted by atomic mass is 10.1. The van der Waals surface area contributed by atoms with Crippen LogP contribution >= 0.6 is 0 Å². The zero-order valence-electron chi connectivity index (χ0n) is 16.6. The van der Waals surface area contributed by atoms with Crippen molar-refractivity contribution >= 4 is 17.5 Å². The molecule has 0 unspecified atom stereocenters. The summed E-state index contributed by atoms with van der Waals surface area (Å²) in [7, 11) is 3.27. The van der Waals surface area contributed by atoms with Crippen molar-refractivity contribution in [3.05, 3.63) is 59.3 Å². The highest BCUT2D eigenvalue weighted by Gasteiger charge is 2.06. The van der Waals surface area contributed by atoms with E-state index in [-0.39, 0.29) is 0 Å². The Morgan fingerprint density at radius 3 is 2.61 bits per heavy atom. The third kappa shape index (κ3) is 4.68. The lowest BCUT2D eigenvalue weighted by molar-refractivity contribution is 0.354. The highest BCUT2D eigenvalue weighted by Crippen LogP contribution is 2.27. The van der Waals surface area contributed by atoms with E-state index < -0.39 is 0 Å². The van der Waals surface area contributed by atoms with Crippen molar-refractivity contribution in [2.45, 2.75) is 20.3 Å². The SMILES string of the molecule is COc1ccc(CCNc2cnnc(Nc3cccc(C)c3C)n2)cc1OC. The van der Waals surface area contributed by atoms with Crippen LogP contribution in [0.25, 0.3) is 0 Å². The first-order valence-corrected chi connectivity index (χ1v) is 9.08. The van der Waals surface area contributed by atoms with Crippen molar-refractivity contribution in [2.75, 3.05) is 31.4 Å². The lowest BCUT2D eigenvalue weighted by Gasteiger charge is -2.11. The number of hydrogen-bond donors (Lipinski definition) is 2. The van der Waals surface area contributed by atoms with E-state index in [0.717, 1.165) is 34.7 Å². The smallest absolute Gasteiger partial charge is 0.249 e. The number of aromatic nitrogens is 3. The highest BCUT2D eigenvalue weighted by molar-refractivity contribution is 5.60. The molecule has 0 aliphatic heterocycles. The molecule has 0 aliphatic carbocycles. The van der Waals surface area contributed by atoms with Crippen molar-refractivity contribution in [2.24, 2.45) is 0 Å². The minimum atomic E-state index is 0.463. The van der Waals surface area contributed by atoms with Gasteiger partial charge < -0.3 is 20.1 Å². The predicted molar refractivity (Wildman–Crippen MR) is 111 cm³/mol. The summed E-state index contributed by atoms with van der Waals surface area (Å²) >= 11 is 0. The molecule has 0 aliphatic rings. The number of nitrogens with one attached hydrogen (secondary N) is 2. The molecule has 2 N–H and O–H groups in total. The maximum absolute atomic E-state index is 5.35. The zero-order valence-corrected chi connectivity index (χ0v) is 16.6. The fourth-order valence-electron chi connectivity index (χ4n) is 2.82. The molecule has 0 fully saturated rings. The first-order valence-electron chi connectivity index (χ1n) is 9.08. The fraction of sp³-hybridized carbons (Fsp3) is 0.286. The van der Waals surface area contributed by atoms with Crippen molar-refractivity contribution in [1.82, 2.24) is 15.2 Å². The molecule has 1 aromatic heterocycles. The van der Waals surface area contributed by atoms with Gasteiger partial charge >= 0.3 is 0 Å². The maximum atomic E-state index is 5.35. The number of ether oxygens (including phenoxy) is 2. The summed E-state index contributed by atoms with van der Waals surface area (Å²) in [5.74, 6) is 2.58. The molecule has 2 aromatic carbocycles. The van der Waals surface area contributed by atoms with E-state index in [1.54, 1.807) is 20.4 Å². The third-order valence-corrected chi connectivity index (χ3v) is 4.58. The summed E-state index contributed by atoms with van der Waals surface area (Å²) in [5.41, 5.74) is 4.49. The van der Waals surface area contributed by atoms with Gasteiger partial charge in [-0.15, -0.1) is 5.10 Å². The molecule has 0 saturated heterocycles. The molecule has 0 bridgehead atoms. The zero-order chi connectivity index (χ0) is 19.9.